The minimum atomic E-state index is -2.40. The van der Waals surface area contributed by atoms with Crippen molar-refractivity contribution in [2.24, 2.45) is 4.36 Å². The first-order chi connectivity index (χ1) is 11.4. The van der Waals surface area contributed by atoms with Gasteiger partial charge in [0.2, 0.25) is 0 Å². The van der Waals surface area contributed by atoms with Gasteiger partial charge in [0.1, 0.15) is 0 Å². The van der Waals surface area contributed by atoms with Crippen LogP contribution in [0.4, 0.5) is 0 Å². The number of carbonyl (C=O) groups is 1. The van der Waals surface area contributed by atoms with Gasteiger partial charge < -0.3 is 4.98 Å². The molecule has 1 amide bonds. The van der Waals surface area contributed by atoms with Gasteiger partial charge in [-0.25, -0.2) is 4.21 Å². The van der Waals surface area contributed by atoms with E-state index in [2.05, 4.69) is 15.4 Å². The summed E-state index contributed by atoms with van der Waals surface area (Å²) in [6.45, 7) is 0. The Morgan fingerprint density at radius 2 is 1.71 bits per heavy atom. The Kier molecular flexibility index (Phi) is 4.53. The van der Waals surface area contributed by atoms with Gasteiger partial charge in [0.25, 0.3) is 5.91 Å². The minimum Gasteiger partial charge on any atom is -0.354 e. The highest BCUT2D eigenvalue weighted by atomic mass is 32.2. The van der Waals surface area contributed by atoms with Crippen LogP contribution in [0.5, 0.6) is 0 Å². The molecule has 0 radical (unpaired) electrons. The fourth-order valence-corrected chi connectivity index (χ4v) is 3.42. The van der Waals surface area contributed by atoms with Gasteiger partial charge >= 0.3 is 0 Å². The maximum atomic E-state index is 12.0. The number of aryl methyl sites for hydroxylation is 1. The number of benzene rings is 2. The highest BCUT2D eigenvalue weighted by Gasteiger charge is 2.14. The molecule has 3 rings (SSSR count). The van der Waals surface area contributed by atoms with Crippen molar-refractivity contribution < 1.29 is 9.00 Å². The molecule has 0 fully saturated rings. The van der Waals surface area contributed by atoms with Gasteiger partial charge in [-0.3, -0.25) is 4.79 Å². The summed E-state index contributed by atoms with van der Waals surface area (Å²) in [6.07, 6.45) is 3.77. The molecule has 1 aromatic heterocycles. The van der Waals surface area contributed by atoms with Crippen molar-refractivity contribution in [2.45, 2.75) is 12.8 Å². The molecule has 4 nitrogen and oxygen atoms in total. The van der Waals surface area contributed by atoms with E-state index in [0.717, 1.165) is 27.7 Å². The second-order valence-corrected chi connectivity index (χ2v) is 8.60. The smallest absolute Gasteiger partial charge is 0.254 e. The predicted octanol–water partition coefficient (Wildman–Crippen LogP) is 4.02. The van der Waals surface area contributed by atoms with E-state index in [0.29, 0.717) is 6.42 Å². The SMILES string of the molecule is CS(C)(=O)=NC(=O)CCc1c(-c2ccccc2)[nH]c2ccccc12. The average Bonchev–Trinajstić information content (AvgIpc) is 2.91. The number of amides is 1. The summed E-state index contributed by atoms with van der Waals surface area (Å²) in [4.78, 5) is 15.4. The fraction of sp³-hybridized carbons (Fsp3) is 0.211. The van der Waals surface area contributed by atoms with Gasteiger partial charge in [0, 0.05) is 45.3 Å². The molecule has 124 valence electrons. The van der Waals surface area contributed by atoms with Crippen LogP contribution >= 0.6 is 0 Å². The van der Waals surface area contributed by atoms with E-state index in [1.54, 1.807) is 0 Å². The topological polar surface area (TPSA) is 62.3 Å². The maximum Gasteiger partial charge on any atom is 0.254 e. The number of rotatable bonds is 4. The van der Waals surface area contributed by atoms with Gasteiger partial charge in [-0.2, -0.15) is 4.36 Å². The van der Waals surface area contributed by atoms with E-state index in [4.69, 9.17) is 0 Å². The number of aromatic nitrogens is 1. The van der Waals surface area contributed by atoms with Crippen LogP contribution in [-0.2, 0) is 20.9 Å². The van der Waals surface area contributed by atoms with Gasteiger partial charge in [-0.1, -0.05) is 48.5 Å². The van der Waals surface area contributed by atoms with Crippen molar-refractivity contribution in [1.82, 2.24) is 4.98 Å². The molecular formula is C19H20N2O2S. The molecule has 0 atom stereocenters. The molecule has 0 aliphatic heterocycles. The number of fused-ring (bicyclic) bond motifs is 1. The Labute approximate surface area is 142 Å². The monoisotopic (exact) mass is 340 g/mol. The van der Waals surface area contributed by atoms with E-state index in [9.17, 15) is 9.00 Å². The zero-order valence-corrected chi connectivity index (χ0v) is 14.6. The Morgan fingerprint density at radius 3 is 2.42 bits per heavy atom. The van der Waals surface area contributed by atoms with Gasteiger partial charge in [-0.15, -0.1) is 0 Å². The van der Waals surface area contributed by atoms with Crippen molar-refractivity contribution in [1.29, 1.82) is 0 Å². The minimum absolute atomic E-state index is 0.250. The molecule has 0 saturated carbocycles. The molecule has 5 heteroatoms. The van der Waals surface area contributed by atoms with Crippen molar-refractivity contribution in [3.05, 3.63) is 60.2 Å². The fourth-order valence-electron chi connectivity index (χ4n) is 2.83. The third-order valence-electron chi connectivity index (χ3n) is 3.79. The number of para-hydroxylation sites is 1. The highest BCUT2D eigenvalue weighted by Crippen LogP contribution is 2.31. The van der Waals surface area contributed by atoms with Crippen LogP contribution in [0.15, 0.2) is 59.0 Å². The Hall–Kier alpha value is -2.40. The van der Waals surface area contributed by atoms with Crippen molar-refractivity contribution in [2.75, 3.05) is 12.5 Å². The second-order valence-electron chi connectivity index (χ2n) is 6.06. The summed E-state index contributed by atoms with van der Waals surface area (Å²) in [5.74, 6) is -0.311. The lowest BCUT2D eigenvalue weighted by Gasteiger charge is -2.04. The largest absolute Gasteiger partial charge is 0.354 e. The van der Waals surface area contributed by atoms with Crippen LogP contribution in [0.1, 0.15) is 12.0 Å². The zero-order valence-electron chi connectivity index (χ0n) is 13.8. The standard InChI is InChI=1S/C19H20N2O2S/c1-24(2,23)21-18(22)13-12-16-15-10-6-7-11-17(15)20-19(16)14-8-4-3-5-9-14/h3-11,20H,12-13H2,1-2H3. The normalized spacial score (nSPS) is 11.6. The molecule has 2 aromatic carbocycles. The van der Waals surface area contributed by atoms with Crippen molar-refractivity contribution in [3.63, 3.8) is 0 Å². The molecule has 1 N–H and O–H groups in total. The molecular weight excluding hydrogens is 320 g/mol. The molecule has 0 aliphatic carbocycles. The first-order valence-corrected chi connectivity index (χ1v) is 10.1. The lowest BCUT2D eigenvalue weighted by atomic mass is 10.0. The van der Waals surface area contributed by atoms with Gasteiger partial charge in [0.05, 0.1) is 0 Å². The van der Waals surface area contributed by atoms with Crippen LogP contribution in [0.3, 0.4) is 0 Å². The predicted molar refractivity (Wildman–Crippen MR) is 99.5 cm³/mol. The highest BCUT2D eigenvalue weighted by molar-refractivity contribution is 7.92. The Bertz CT molecular complexity index is 989. The van der Waals surface area contributed by atoms with Crippen molar-refractivity contribution >= 4 is 26.5 Å². The molecule has 24 heavy (non-hydrogen) atoms. The molecule has 0 saturated heterocycles. The number of carbonyl (C=O) groups excluding carboxylic acids is 1. The number of aromatic amines is 1. The molecule has 0 bridgehead atoms. The second kappa shape index (κ2) is 6.61. The first kappa shape index (κ1) is 16.5. The maximum absolute atomic E-state index is 12.0. The number of nitrogens with one attached hydrogen (secondary N) is 1. The van der Waals surface area contributed by atoms with Crippen LogP contribution < -0.4 is 0 Å². The van der Waals surface area contributed by atoms with Crippen molar-refractivity contribution in [3.8, 4) is 11.3 Å². The summed E-state index contributed by atoms with van der Waals surface area (Å²) in [5, 5.41) is 1.11. The lowest BCUT2D eigenvalue weighted by Crippen LogP contribution is -2.02. The number of nitrogens with zero attached hydrogens (tertiary/aromatic N) is 1. The third-order valence-corrected chi connectivity index (χ3v) is 4.43. The van der Waals surface area contributed by atoms with E-state index in [1.807, 2.05) is 48.5 Å². The summed E-state index contributed by atoms with van der Waals surface area (Å²) >= 11 is 0. The summed E-state index contributed by atoms with van der Waals surface area (Å²) in [6, 6.07) is 18.1. The number of hydrogen-bond donors (Lipinski definition) is 1. The average molecular weight is 340 g/mol. The molecule has 1 heterocycles. The Morgan fingerprint density at radius 1 is 1.04 bits per heavy atom. The van der Waals surface area contributed by atoms with Crippen LogP contribution in [0.25, 0.3) is 22.2 Å². The third kappa shape index (κ3) is 3.74. The number of H-pyrrole nitrogens is 1. The summed E-state index contributed by atoms with van der Waals surface area (Å²) < 4.78 is 15.4. The zero-order chi connectivity index (χ0) is 17.2. The molecule has 0 aliphatic rings. The lowest BCUT2D eigenvalue weighted by molar-refractivity contribution is -0.117. The van der Waals surface area contributed by atoms with E-state index in [-0.39, 0.29) is 12.3 Å². The van der Waals surface area contributed by atoms with E-state index >= 15 is 0 Å². The summed E-state index contributed by atoms with van der Waals surface area (Å²) in [7, 11) is -2.40. The van der Waals surface area contributed by atoms with Gasteiger partial charge in [0.15, 0.2) is 0 Å². The van der Waals surface area contributed by atoms with Crippen LogP contribution in [0, 0.1) is 0 Å². The van der Waals surface area contributed by atoms with Crippen LogP contribution in [0.2, 0.25) is 0 Å². The first-order valence-electron chi connectivity index (χ1n) is 7.79. The van der Waals surface area contributed by atoms with E-state index < -0.39 is 9.73 Å². The van der Waals surface area contributed by atoms with E-state index in [1.165, 1.54) is 12.5 Å². The van der Waals surface area contributed by atoms with Gasteiger partial charge in [-0.05, 0) is 23.6 Å². The quantitative estimate of drug-likeness (QED) is 0.779. The Balaban J connectivity index is 2.00. The molecule has 0 unspecified atom stereocenters. The molecule has 0 spiro atoms. The number of hydrogen-bond acceptors (Lipinski definition) is 2. The molecule has 3 aromatic rings. The summed E-state index contributed by atoms with van der Waals surface area (Å²) in [5.41, 5.74) is 4.26. The van der Waals surface area contributed by atoms with Crippen LogP contribution in [-0.4, -0.2) is 27.6 Å².